The lowest BCUT2D eigenvalue weighted by atomic mass is 10.0. The van der Waals surface area contributed by atoms with Crippen LogP contribution in [0, 0.1) is 5.92 Å². The molecule has 0 saturated carbocycles. The Balaban J connectivity index is 3.43. The Kier molecular flexibility index (Phi) is 5.86. The second-order valence-corrected chi connectivity index (χ2v) is 3.18. The van der Waals surface area contributed by atoms with Crippen molar-refractivity contribution in [2.75, 3.05) is 0 Å². The maximum absolute atomic E-state index is 9.36. The Morgan fingerprint density at radius 1 is 1.45 bits per heavy atom. The van der Waals surface area contributed by atoms with Gasteiger partial charge in [0.25, 0.3) is 0 Å². The number of rotatable bonds is 5. The molecule has 0 radical (unpaired) electrons. The van der Waals surface area contributed by atoms with Gasteiger partial charge in [-0.2, -0.15) is 0 Å². The maximum atomic E-state index is 9.36. The molecule has 64 valence electrons. The van der Waals surface area contributed by atoms with E-state index in [9.17, 15) is 5.11 Å². The summed E-state index contributed by atoms with van der Waals surface area (Å²) in [5, 5.41) is 9.36. The Labute approximate surface area is 69.4 Å². The van der Waals surface area contributed by atoms with Crippen LogP contribution in [0.25, 0.3) is 0 Å². The fourth-order valence-corrected chi connectivity index (χ4v) is 0.972. The first-order chi connectivity index (χ1) is 5.16. The monoisotopic (exact) mass is 154 g/mol. The summed E-state index contributed by atoms with van der Waals surface area (Å²) in [4.78, 5) is 0. The molecule has 0 aliphatic heterocycles. The van der Waals surface area contributed by atoms with Crippen molar-refractivity contribution in [2.24, 2.45) is 5.92 Å². The van der Waals surface area contributed by atoms with Crippen molar-refractivity contribution in [3.8, 4) is 0 Å². The molecule has 0 spiro atoms. The Hall–Kier alpha value is -0.560. The lowest BCUT2D eigenvalue weighted by Crippen LogP contribution is -2.08. The van der Waals surface area contributed by atoms with Crippen LogP contribution in [-0.2, 0) is 0 Å². The van der Waals surface area contributed by atoms with E-state index in [4.69, 9.17) is 0 Å². The average molecular weight is 154 g/mol. The number of hydrogen-bond donors (Lipinski definition) is 1. The van der Waals surface area contributed by atoms with Crippen molar-refractivity contribution in [1.82, 2.24) is 0 Å². The van der Waals surface area contributed by atoms with Crippen LogP contribution in [0.4, 0.5) is 0 Å². The van der Waals surface area contributed by atoms with Crippen LogP contribution in [0.2, 0.25) is 0 Å². The molecule has 0 aromatic heterocycles. The lowest BCUT2D eigenvalue weighted by molar-refractivity contribution is 0.152. The zero-order chi connectivity index (χ0) is 8.69. The molecular weight excluding hydrogens is 136 g/mol. The number of aliphatic hydroxyl groups excluding tert-OH is 1. The molecule has 0 saturated heterocycles. The molecule has 0 amide bonds. The second kappa shape index (κ2) is 6.17. The largest absolute Gasteiger partial charge is 0.393 e. The molecule has 1 unspecified atom stereocenters. The molecule has 0 rings (SSSR count). The first-order valence-electron chi connectivity index (χ1n) is 4.12. The third kappa shape index (κ3) is 7.34. The molecule has 0 fully saturated rings. The number of aliphatic hydroxyl groups is 1. The van der Waals surface area contributed by atoms with Crippen molar-refractivity contribution in [2.45, 2.75) is 32.8 Å². The predicted octanol–water partition coefficient (Wildman–Crippen LogP) is 2.53. The van der Waals surface area contributed by atoms with E-state index in [0.717, 1.165) is 12.8 Å². The molecule has 0 aliphatic rings. The standard InChI is InChI=1S/C10H18O/c1-4-5-6-7-10(11)8-9(2)3/h4-6,9-11H,1,7-8H2,2-3H3/b6-5+. The van der Waals surface area contributed by atoms with Crippen molar-refractivity contribution in [1.29, 1.82) is 0 Å². The second-order valence-electron chi connectivity index (χ2n) is 3.18. The van der Waals surface area contributed by atoms with E-state index >= 15 is 0 Å². The molecule has 1 nitrogen and oxygen atoms in total. The first kappa shape index (κ1) is 10.4. The summed E-state index contributed by atoms with van der Waals surface area (Å²) in [6, 6.07) is 0. The molecule has 0 heterocycles. The highest BCUT2D eigenvalue weighted by Gasteiger charge is 2.03. The van der Waals surface area contributed by atoms with E-state index in [0.29, 0.717) is 5.92 Å². The summed E-state index contributed by atoms with van der Waals surface area (Å²) >= 11 is 0. The smallest absolute Gasteiger partial charge is 0.0577 e. The first-order valence-corrected chi connectivity index (χ1v) is 4.12. The van der Waals surface area contributed by atoms with E-state index in [2.05, 4.69) is 20.4 Å². The van der Waals surface area contributed by atoms with Gasteiger partial charge >= 0.3 is 0 Å². The van der Waals surface area contributed by atoms with Crippen LogP contribution in [0.1, 0.15) is 26.7 Å². The Morgan fingerprint density at radius 2 is 2.09 bits per heavy atom. The molecular formula is C10H18O. The Morgan fingerprint density at radius 3 is 2.55 bits per heavy atom. The fourth-order valence-electron chi connectivity index (χ4n) is 0.972. The lowest BCUT2D eigenvalue weighted by Gasteiger charge is -2.09. The SMILES string of the molecule is C=C/C=C/CC(O)CC(C)C. The van der Waals surface area contributed by atoms with Crippen molar-refractivity contribution in [3.05, 3.63) is 24.8 Å². The summed E-state index contributed by atoms with van der Waals surface area (Å²) < 4.78 is 0. The predicted molar refractivity (Wildman–Crippen MR) is 49.4 cm³/mol. The van der Waals surface area contributed by atoms with Crippen molar-refractivity contribution >= 4 is 0 Å². The number of allylic oxidation sites excluding steroid dienone is 2. The highest BCUT2D eigenvalue weighted by Crippen LogP contribution is 2.07. The van der Waals surface area contributed by atoms with E-state index in [1.54, 1.807) is 6.08 Å². The summed E-state index contributed by atoms with van der Waals surface area (Å²) in [6.45, 7) is 7.77. The van der Waals surface area contributed by atoms with Gasteiger partial charge in [0.1, 0.15) is 0 Å². The van der Waals surface area contributed by atoms with Gasteiger partial charge in [-0.25, -0.2) is 0 Å². The zero-order valence-corrected chi connectivity index (χ0v) is 7.46. The topological polar surface area (TPSA) is 20.2 Å². The van der Waals surface area contributed by atoms with Gasteiger partial charge in [-0.3, -0.25) is 0 Å². The zero-order valence-electron chi connectivity index (χ0n) is 7.46. The molecule has 1 N–H and O–H groups in total. The quantitative estimate of drug-likeness (QED) is 0.603. The van der Waals surface area contributed by atoms with E-state index < -0.39 is 0 Å². The molecule has 0 bridgehead atoms. The van der Waals surface area contributed by atoms with Crippen LogP contribution in [0.5, 0.6) is 0 Å². The molecule has 0 aromatic rings. The summed E-state index contributed by atoms with van der Waals surface area (Å²) in [5.41, 5.74) is 0. The van der Waals surface area contributed by atoms with E-state index in [1.165, 1.54) is 0 Å². The molecule has 0 aliphatic carbocycles. The third-order valence-corrected chi connectivity index (χ3v) is 1.42. The van der Waals surface area contributed by atoms with Crippen molar-refractivity contribution < 1.29 is 5.11 Å². The van der Waals surface area contributed by atoms with Gasteiger partial charge in [0.15, 0.2) is 0 Å². The minimum absolute atomic E-state index is 0.189. The van der Waals surface area contributed by atoms with Crippen LogP contribution >= 0.6 is 0 Å². The van der Waals surface area contributed by atoms with Crippen LogP contribution in [-0.4, -0.2) is 11.2 Å². The summed E-state index contributed by atoms with van der Waals surface area (Å²) in [7, 11) is 0. The van der Waals surface area contributed by atoms with Crippen LogP contribution < -0.4 is 0 Å². The summed E-state index contributed by atoms with van der Waals surface area (Å²) in [5.74, 6) is 0.571. The van der Waals surface area contributed by atoms with Gasteiger partial charge in [-0.15, -0.1) is 0 Å². The normalized spacial score (nSPS) is 14.2. The average Bonchev–Trinajstić information content (AvgIpc) is 1.86. The fraction of sp³-hybridized carbons (Fsp3) is 0.600. The molecule has 0 aromatic carbocycles. The van der Waals surface area contributed by atoms with Gasteiger partial charge in [0, 0.05) is 0 Å². The van der Waals surface area contributed by atoms with Crippen LogP contribution in [0.3, 0.4) is 0 Å². The van der Waals surface area contributed by atoms with Gasteiger partial charge in [-0.05, 0) is 18.8 Å². The minimum Gasteiger partial charge on any atom is -0.393 e. The van der Waals surface area contributed by atoms with E-state index in [-0.39, 0.29) is 6.10 Å². The molecule has 1 atom stereocenters. The van der Waals surface area contributed by atoms with Gasteiger partial charge in [-0.1, -0.05) is 38.7 Å². The minimum atomic E-state index is -0.189. The van der Waals surface area contributed by atoms with E-state index in [1.807, 2.05) is 12.2 Å². The number of hydrogen-bond acceptors (Lipinski definition) is 1. The molecule has 1 heteroatoms. The summed E-state index contributed by atoms with van der Waals surface area (Å²) in [6.07, 6.45) is 6.96. The van der Waals surface area contributed by atoms with Crippen molar-refractivity contribution in [3.63, 3.8) is 0 Å². The van der Waals surface area contributed by atoms with Gasteiger partial charge in [0.05, 0.1) is 6.10 Å². The van der Waals surface area contributed by atoms with Crippen LogP contribution in [0.15, 0.2) is 24.8 Å². The van der Waals surface area contributed by atoms with Gasteiger partial charge < -0.3 is 5.11 Å². The maximum Gasteiger partial charge on any atom is 0.0577 e. The Bertz CT molecular complexity index is 125. The van der Waals surface area contributed by atoms with Gasteiger partial charge in [0.2, 0.25) is 0 Å². The highest BCUT2D eigenvalue weighted by atomic mass is 16.3. The molecule has 11 heavy (non-hydrogen) atoms. The highest BCUT2D eigenvalue weighted by molar-refractivity contribution is 4.97. The third-order valence-electron chi connectivity index (χ3n) is 1.42.